The van der Waals surface area contributed by atoms with E-state index in [1.165, 1.54) is 17.4 Å². The van der Waals surface area contributed by atoms with Crippen molar-refractivity contribution in [1.29, 1.82) is 0 Å². The van der Waals surface area contributed by atoms with Gasteiger partial charge in [0.15, 0.2) is 5.78 Å². The number of carbonyl (C=O) groups excluding carboxylic acids is 1. The van der Waals surface area contributed by atoms with Crippen LogP contribution in [0.1, 0.15) is 15.9 Å². The Morgan fingerprint density at radius 3 is 2.47 bits per heavy atom. The van der Waals surface area contributed by atoms with E-state index in [4.69, 9.17) is 0 Å². The maximum atomic E-state index is 13.3. The number of benzene rings is 1. The summed E-state index contributed by atoms with van der Waals surface area (Å²) in [5.74, 6) is -1.63. The van der Waals surface area contributed by atoms with Gasteiger partial charge in [-0.2, -0.15) is 0 Å². The number of ketones is 1. The third-order valence-corrected chi connectivity index (χ3v) is 4.08. The van der Waals surface area contributed by atoms with Crippen LogP contribution in [0.5, 0.6) is 0 Å². The lowest BCUT2D eigenvalue weighted by Crippen LogP contribution is -2.06. The monoisotopic (exact) mass is 364 g/mol. The maximum Gasteiger partial charge on any atom is 0.168 e. The standard InChI is InChI=1S/C12H7F2IOS/c13-9-2-1-3-10(14)8(9)5-11(16)7-4-12(15)17-6-7/h1-4,6H,5H2. The Hall–Kier alpha value is -0.820. The van der Waals surface area contributed by atoms with E-state index in [0.717, 1.165) is 15.0 Å². The Labute approximate surface area is 115 Å². The Balaban J connectivity index is 2.24. The molecule has 17 heavy (non-hydrogen) atoms. The number of hydrogen-bond donors (Lipinski definition) is 0. The molecule has 0 aliphatic heterocycles. The third kappa shape index (κ3) is 2.90. The first kappa shape index (κ1) is 12.6. The molecule has 0 bridgehead atoms. The van der Waals surface area contributed by atoms with Gasteiger partial charge in [0.1, 0.15) is 11.6 Å². The first-order valence-electron chi connectivity index (χ1n) is 4.78. The van der Waals surface area contributed by atoms with Crippen LogP contribution < -0.4 is 0 Å². The van der Waals surface area contributed by atoms with Gasteiger partial charge in [-0.1, -0.05) is 6.07 Å². The first-order chi connectivity index (χ1) is 8.08. The number of thiophene rings is 1. The van der Waals surface area contributed by atoms with E-state index in [1.807, 2.05) is 0 Å². The minimum absolute atomic E-state index is 0.168. The first-order valence-corrected chi connectivity index (χ1v) is 6.74. The molecule has 1 nitrogen and oxygen atoms in total. The molecule has 5 heteroatoms. The fourth-order valence-corrected chi connectivity index (χ4v) is 2.77. The highest BCUT2D eigenvalue weighted by Gasteiger charge is 2.15. The fraction of sp³-hybridized carbons (Fsp3) is 0.0833. The van der Waals surface area contributed by atoms with Crippen LogP contribution in [-0.4, -0.2) is 5.78 Å². The van der Waals surface area contributed by atoms with Gasteiger partial charge in [0.25, 0.3) is 0 Å². The van der Waals surface area contributed by atoms with Crippen molar-refractivity contribution in [1.82, 2.24) is 0 Å². The van der Waals surface area contributed by atoms with Crippen LogP contribution in [0, 0.1) is 14.5 Å². The van der Waals surface area contributed by atoms with E-state index < -0.39 is 11.6 Å². The molecule has 0 fully saturated rings. The highest BCUT2D eigenvalue weighted by Crippen LogP contribution is 2.20. The zero-order valence-corrected chi connectivity index (χ0v) is 11.5. The van der Waals surface area contributed by atoms with Crippen LogP contribution in [0.3, 0.4) is 0 Å². The van der Waals surface area contributed by atoms with Gasteiger partial charge in [-0.3, -0.25) is 4.79 Å². The molecule has 0 aliphatic rings. The zero-order chi connectivity index (χ0) is 12.4. The highest BCUT2D eigenvalue weighted by molar-refractivity contribution is 14.1. The Kier molecular flexibility index (Phi) is 3.88. The molecule has 0 N–H and O–H groups in total. The fourth-order valence-electron chi connectivity index (χ4n) is 1.42. The zero-order valence-electron chi connectivity index (χ0n) is 8.54. The molecule has 0 saturated heterocycles. The van der Waals surface area contributed by atoms with E-state index in [9.17, 15) is 13.6 Å². The largest absolute Gasteiger partial charge is 0.294 e. The molecule has 0 aliphatic carbocycles. The molecule has 0 unspecified atom stereocenters. The average molecular weight is 364 g/mol. The Morgan fingerprint density at radius 1 is 1.29 bits per heavy atom. The van der Waals surface area contributed by atoms with Crippen molar-refractivity contribution >= 4 is 39.7 Å². The SMILES string of the molecule is O=C(Cc1c(F)cccc1F)c1csc(I)c1. The van der Waals surface area contributed by atoms with E-state index in [0.29, 0.717) is 5.56 Å². The third-order valence-electron chi connectivity index (χ3n) is 2.29. The Morgan fingerprint density at radius 2 is 1.94 bits per heavy atom. The predicted molar refractivity (Wildman–Crippen MR) is 71.4 cm³/mol. The lowest BCUT2D eigenvalue weighted by Gasteiger charge is -2.02. The molecule has 0 saturated carbocycles. The van der Waals surface area contributed by atoms with Crippen LogP contribution in [0.4, 0.5) is 8.78 Å². The van der Waals surface area contributed by atoms with Crippen LogP contribution in [-0.2, 0) is 6.42 Å². The summed E-state index contributed by atoms with van der Waals surface area (Å²) in [7, 11) is 0. The van der Waals surface area contributed by atoms with Gasteiger partial charge in [0, 0.05) is 22.9 Å². The molecule has 88 valence electrons. The molecular weight excluding hydrogens is 357 g/mol. The molecule has 1 aromatic heterocycles. The number of carbonyl (C=O) groups is 1. The number of Topliss-reactive ketones (excluding diaryl/α,β-unsaturated/α-hetero) is 1. The van der Waals surface area contributed by atoms with Crippen molar-refractivity contribution in [2.45, 2.75) is 6.42 Å². The summed E-state index contributed by atoms with van der Waals surface area (Å²) in [5, 5.41) is 1.70. The summed E-state index contributed by atoms with van der Waals surface area (Å²) >= 11 is 3.53. The van der Waals surface area contributed by atoms with Gasteiger partial charge in [0.2, 0.25) is 0 Å². The molecule has 2 aromatic rings. The van der Waals surface area contributed by atoms with E-state index in [2.05, 4.69) is 22.6 Å². The number of halogens is 3. The summed E-state index contributed by atoms with van der Waals surface area (Å²) in [6.07, 6.45) is -0.245. The van der Waals surface area contributed by atoms with Gasteiger partial charge in [-0.25, -0.2) is 8.78 Å². The Bertz CT molecular complexity index is 545. The van der Waals surface area contributed by atoms with Gasteiger partial charge in [-0.15, -0.1) is 11.3 Å². The van der Waals surface area contributed by atoms with Crippen LogP contribution >= 0.6 is 33.9 Å². The molecule has 0 radical (unpaired) electrons. The predicted octanol–water partition coefficient (Wildman–Crippen LogP) is 4.06. The number of rotatable bonds is 3. The van der Waals surface area contributed by atoms with E-state index in [-0.39, 0.29) is 17.8 Å². The van der Waals surface area contributed by atoms with Crippen molar-refractivity contribution in [2.75, 3.05) is 0 Å². The molecule has 1 heterocycles. The average Bonchev–Trinajstić information content (AvgIpc) is 2.70. The van der Waals surface area contributed by atoms with Gasteiger partial charge in [0.05, 0.1) is 2.88 Å². The van der Waals surface area contributed by atoms with Crippen LogP contribution in [0.25, 0.3) is 0 Å². The second-order valence-electron chi connectivity index (χ2n) is 3.44. The van der Waals surface area contributed by atoms with Crippen molar-refractivity contribution in [3.8, 4) is 0 Å². The molecule has 0 amide bonds. The smallest absolute Gasteiger partial charge is 0.168 e. The second-order valence-corrected chi connectivity index (χ2v) is 6.25. The summed E-state index contributed by atoms with van der Waals surface area (Å²) in [6.45, 7) is 0. The lowest BCUT2D eigenvalue weighted by atomic mass is 10.0. The molecule has 0 atom stereocenters. The summed E-state index contributed by atoms with van der Waals surface area (Å²) < 4.78 is 27.7. The molecule has 0 spiro atoms. The molecule has 1 aromatic carbocycles. The van der Waals surface area contributed by atoms with Gasteiger partial charge >= 0.3 is 0 Å². The van der Waals surface area contributed by atoms with E-state index >= 15 is 0 Å². The minimum Gasteiger partial charge on any atom is -0.294 e. The quantitative estimate of drug-likeness (QED) is 0.593. The van der Waals surface area contributed by atoms with Crippen molar-refractivity contribution < 1.29 is 13.6 Å². The van der Waals surface area contributed by atoms with Crippen molar-refractivity contribution in [3.05, 3.63) is 55.3 Å². The van der Waals surface area contributed by atoms with Gasteiger partial charge in [-0.05, 0) is 40.8 Å². The number of hydrogen-bond acceptors (Lipinski definition) is 2. The molecule has 2 rings (SSSR count). The lowest BCUT2D eigenvalue weighted by molar-refractivity contribution is 0.0991. The summed E-state index contributed by atoms with van der Waals surface area (Å²) in [5.41, 5.74) is 0.334. The topological polar surface area (TPSA) is 17.1 Å². The van der Waals surface area contributed by atoms with Crippen molar-refractivity contribution in [3.63, 3.8) is 0 Å². The summed E-state index contributed by atoms with van der Waals surface area (Å²) in [4.78, 5) is 11.8. The highest BCUT2D eigenvalue weighted by atomic mass is 127. The maximum absolute atomic E-state index is 13.3. The minimum atomic E-state index is -0.678. The van der Waals surface area contributed by atoms with Crippen LogP contribution in [0.15, 0.2) is 29.6 Å². The normalized spacial score (nSPS) is 10.5. The van der Waals surface area contributed by atoms with Crippen molar-refractivity contribution in [2.24, 2.45) is 0 Å². The van der Waals surface area contributed by atoms with Crippen LogP contribution in [0.2, 0.25) is 0 Å². The summed E-state index contributed by atoms with van der Waals surface area (Å²) in [6, 6.07) is 5.31. The van der Waals surface area contributed by atoms with Gasteiger partial charge < -0.3 is 0 Å². The van der Waals surface area contributed by atoms with E-state index in [1.54, 1.807) is 11.4 Å². The second kappa shape index (κ2) is 5.22. The molecular formula is C12H7F2IOS.